The zero-order valence-corrected chi connectivity index (χ0v) is 32.9. The summed E-state index contributed by atoms with van der Waals surface area (Å²) in [5, 5.41) is 5.70. The summed E-state index contributed by atoms with van der Waals surface area (Å²) >= 11 is 0. The number of amides is 4. The molecule has 2 aromatic carbocycles. The molecule has 2 aromatic heterocycles. The van der Waals surface area contributed by atoms with Crippen LogP contribution in [0.5, 0.6) is 0 Å². The van der Waals surface area contributed by atoms with Crippen LogP contribution in [0.25, 0.3) is 39.2 Å². The lowest BCUT2D eigenvalue weighted by Gasteiger charge is -2.30. The number of nitrogens with one attached hydrogen (secondary N) is 4. The normalized spacial score (nSPS) is 17.4. The first-order valence-electron chi connectivity index (χ1n) is 19.8. The number of hydrogen-bond acceptors (Lipinski definition) is 7. The van der Waals surface area contributed by atoms with E-state index in [1.165, 1.54) is 7.11 Å². The predicted octanol–water partition coefficient (Wildman–Crippen LogP) is 6.63. The van der Waals surface area contributed by atoms with Gasteiger partial charge in [0.1, 0.15) is 24.2 Å². The highest BCUT2D eigenvalue weighted by Gasteiger charge is 2.37. The number of hydrogen-bond donors (Lipinski definition) is 4. The Bertz CT molecular complexity index is 2090. The quantitative estimate of drug-likeness (QED) is 0.119. The Morgan fingerprint density at radius 3 is 2.07 bits per heavy atom. The summed E-state index contributed by atoms with van der Waals surface area (Å²) in [6.07, 6.45) is 8.96. The third kappa shape index (κ3) is 8.41. The highest BCUT2D eigenvalue weighted by molar-refractivity contribution is 6.03. The molecule has 0 spiro atoms. The lowest BCUT2D eigenvalue weighted by Crippen LogP contribution is -2.51. The number of H-pyrrole nitrogens is 2. The standard InChI is InChI=1S/C43H52N8O5/c1-25(2)38(49-43(55)56-5)42(54)50-21-7-10-36(50)40-45-23-35(48-40)30-17-13-28(14-18-30)27-11-15-29(16-12-27)34-22-44-39(47-34)32-8-6-9-33(32)41(53)51(26(3)4)24-37(52)46-31-19-20-31/h11-18,22-23,25-26,31,36,38H,6-10,19-21,24H2,1-5H3,(H,44,47)(H,45,48)(H,46,52)(H,49,55)/t36-,38-/m0/s1. The molecule has 56 heavy (non-hydrogen) atoms. The van der Waals surface area contributed by atoms with Crippen LogP contribution in [0.2, 0.25) is 0 Å². The van der Waals surface area contributed by atoms with Crippen molar-refractivity contribution in [2.45, 2.75) is 96.8 Å². The monoisotopic (exact) mass is 760 g/mol. The van der Waals surface area contributed by atoms with Crippen LogP contribution in [0, 0.1) is 5.92 Å². The number of carbonyl (C=O) groups is 4. The summed E-state index contributed by atoms with van der Waals surface area (Å²) in [5.41, 5.74) is 7.50. The summed E-state index contributed by atoms with van der Waals surface area (Å²) in [7, 11) is 1.29. The van der Waals surface area contributed by atoms with Crippen molar-refractivity contribution in [3.05, 3.63) is 78.1 Å². The highest BCUT2D eigenvalue weighted by Crippen LogP contribution is 2.36. The second-order valence-electron chi connectivity index (χ2n) is 15.7. The van der Waals surface area contributed by atoms with Gasteiger partial charge in [0.05, 0.1) is 36.9 Å². The van der Waals surface area contributed by atoms with Gasteiger partial charge in [-0.1, -0.05) is 62.4 Å². The van der Waals surface area contributed by atoms with Crippen molar-refractivity contribution in [3.63, 3.8) is 0 Å². The molecule has 7 rings (SSSR count). The van der Waals surface area contributed by atoms with Crippen molar-refractivity contribution < 1.29 is 23.9 Å². The maximum atomic E-state index is 13.7. The van der Waals surface area contributed by atoms with E-state index in [1.807, 2.05) is 38.8 Å². The molecule has 1 saturated heterocycles. The fourth-order valence-electron chi connectivity index (χ4n) is 7.71. The molecular formula is C43H52N8O5. The largest absolute Gasteiger partial charge is 0.453 e. The van der Waals surface area contributed by atoms with Crippen molar-refractivity contribution in [3.8, 4) is 33.6 Å². The fourth-order valence-corrected chi connectivity index (χ4v) is 7.71. The number of allylic oxidation sites excluding steroid dienone is 1. The number of rotatable bonds is 13. The first-order chi connectivity index (χ1) is 27.0. The number of aromatic amines is 2. The third-order valence-corrected chi connectivity index (χ3v) is 11.0. The Labute approximate surface area is 327 Å². The van der Waals surface area contributed by atoms with Gasteiger partial charge in [-0.3, -0.25) is 14.4 Å². The van der Waals surface area contributed by atoms with Crippen LogP contribution in [0.3, 0.4) is 0 Å². The number of likely N-dealkylation sites (tertiary alicyclic amines) is 1. The average molecular weight is 761 g/mol. The highest BCUT2D eigenvalue weighted by atomic mass is 16.5. The van der Waals surface area contributed by atoms with Gasteiger partial charge in [0.25, 0.3) is 5.91 Å². The van der Waals surface area contributed by atoms with Crippen LogP contribution in [-0.4, -0.2) is 91.9 Å². The average Bonchev–Trinajstić information content (AvgIpc) is 3.72. The molecule has 1 saturated carbocycles. The van der Waals surface area contributed by atoms with E-state index in [4.69, 9.17) is 9.72 Å². The van der Waals surface area contributed by atoms with Crippen molar-refractivity contribution in [2.24, 2.45) is 5.92 Å². The molecular weight excluding hydrogens is 709 g/mol. The molecule has 2 atom stereocenters. The Balaban J connectivity index is 1.01. The SMILES string of the molecule is COC(=O)N[C@H](C(=O)N1CCC[C@H]1c1ncc(-c2ccc(-c3ccc(-c4cnc(C5=C(C(=O)N(CC(=O)NC6CC6)C(C)C)CCC5)[nH]4)cc3)cc2)[nH]1)C(C)C. The number of imidazole rings is 2. The molecule has 0 bridgehead atoms. The minimum absolute atomic E-state index is 0.0634. The lowest BCUT2D eigenvalue weighted by atomic mass is 10.0. The van der Waals surface area contributed by atoms with Gasteiger partial charge < -0.3 is 35.1 Å². The minimum Gasteiger partial charge on any atom is -0.453 e. The molecule has 1 aliphatic heterocycles. The molecule has 294 valence electrons. The summed E-state index contributed by atoms with van der Waals surface area (Å²) in [6.45, 7) is 8.36. The van der Waals surface area contributed by atoms with E-state index in [1.54, 1.807) is 11.1 Å². The maximum absolute atomic E-state index is 13.7. The molecule has 0 unspecified atom stereocenters. The van der Waals surface area contributed by atoms with E-state index in [9.17, 15) is 19.2 Å². The molecule has 13 heteroatoms. The Morgan fingerprint density at radius 1 is 0.839 bits per heavy atom. The van der Waals surface area contributed by atoms with Gasteiger partial charge in [-0.2, -0.15) is 0 Å². The van der Waals surface area contributed by atoms with Crippen LogP contribution in [0.15, 0.2) is 66.5 Å². The van der Waals surface area contributed by atoms with Crippen LogP contribution in [-0.2, 0) is 19.1 Å². The van der Waals surface area contributed by atoms with Gasteiger partial charge in [-0.15, -0.1) is 0 Å². The maximum Gasteiger partial charge on any atom is 0.407 e. The van der Waals surface area contributed by atoms with E-state index in [0.29, 0.717) is 18.8 Å². The summed E-state index contributed by atoms with van der Waals surface area (Å²) in [4.78, 5) is 71.6. The van der Waals surface area contributed by atoms with Crippen LogP contribution in [0.4, 0.5) is 4.79 Å². The van der Waals surface area contributed by atoms with Crippen LogP contribution < -0.4 is 10.6 Å². The van der Waals surface area contributed by atoms with Crippen LogP contribution >= 0.6 is 0 Å². The second-order valence-corrected chi connectivity index (χ2v) is 15.7. The molecule has 3 aliphatic rings. The summed E-state index contributed by atoms with van der Waals surface area (Å²) in [5.74, 6) is 1.01. The Hall–Kier alpha value is -5.72. The van der Waals surface area contributed by atoms with E-state index in [-0.39, 0.29) is 48.3 Å². The fraction of sp³-hybridized carbons (Fsp3) is 0.442. The first kappa shape index (κ1) is 38.6. The van der Waals surface area contributed by atoms with Crippen molar-refractivity contribution in [1.82, 2.24) is 40.4 Å². The molecule has 4 amide bonds. The van der Waals surface area contributed by atoms with E-state index < -0.39 is 12.1 Å². The number of nitrogens with zero attached hydrogens (tertiary/aromatic N) is 4. The number of aromatic nitrogens is 4. The number of carbonyl (C=O) groups excluding carboxylic acids is 4. The Kier molecular flexibility index (Phi) is 11.4. The molecule has 3 heterocycles. The number of alkyl carbamates (subject to hydrolysis) is 1. The Morgan fingerprint density at radius 2 is 1.46 bits per heavy atom. The molecule has 2 fully saturated rings. The number of ether oxygens (including phenoxy) is 1. The molecule has 4 N–H and O–H groups in total. The molecule has 2 aliphatic carbocycles. The van der Waals surface area contributed by atoms with Crippen molar-refractivity contribution >= 4 is 29.4 Å². The predicted molar refractivity (Wildman–Crippen MR) is 214 cm³/mol. The van der Waals surface area contributed by atoms with E-state index in [2.05, 4.69) is 74.1 Å². The van der Waals surface area contributed by atoms with Gasteiger partial charge in [0.2, 0.25) is 11.8 Å². The molecule has 0 radical (unpaired) electrons. The van der Waals surface area contributed by atoms with Crippen molar-refractivity contribution in [1.29, 1.82) is 0 Å². The van der Waals surface area contributed by atoms with E-state index >= 15 is 0 Å². The topological polar surface area (TPSA) is 165 Å². The second kappa shape index (κ2) is 16.6. The van der Waals surface area contributed by atoms with Crippen LogP contribution in [0.1, 0.15) is 90.3 Å². The van der Waals surface area contributed by atoms with Gasteiger partial charge in [0.15, 0.2) is 0 Å². The summed E-state index contributed by atoms with van der Waals surface area (Å²) < 4.78 is 4.76. The van der Waals surface area contributed by atoms with Gasteiger partial charge in [0, 0.05) is 29.8 Å². The van der Waals surface area contributed by atoms with Gasteiger partial charge >= 0.3 is 6.09 Å². The van der Waals surface area contributed by atoms with E-state index in [0.717, 1.165) is 89.1 Å². The molecule has 13 nitrogen and oxygen atoms in total. The van der Waals surface area contributed by atoms with Gasteiger partial charge in [-0.25, -0.2) is 14.8 Å². The zero-order valence-electron chi connectivity index (χ0n) is 32.9. The zero-order chi connectivity index (χ0) is 39.5. The number of benzene rings is 2. The molecule has 4 aromatic rings. The first-order valence-corrected chi connectivity index (χ1v) is 19.8. The summed E-state index contributed by atoms with van der Waals surface area (Å²) in [6, 6.07) is 15.8. The van der Waals surface area contributed by atoms with Crippen molar-refractivity contribution in [2.75, 3.05) is 20.2 Å². The number of methoxy groups -OCH3 is 1. The smallest absolute Gasteiger partial charge is 0.407 e. The van der Waals surface area contributed by atoms with Gasteiger partial charge in [-0.05, 0) is 87.0 Å². The lowest BCUT2D eigenvalue weighted by molar-refractivity contribution is -0.135. The third-order valence-electron chi connectivity index (χ3n) is 11.0. The minimum atomic E-state index is -0.684.